The van der Waals surface area contributed by atoms with Gasteiger partial charge in [-0.25, -0.2) is 4.98 Å². The van der Waals surface area contributed by atoms with Crippen LogP contribution in [0.25, 0.3) is 0 Å². The number of aromatic nitrogens is 1. The molecule has 0 bridgehead atoms. The van der Waals surface area contributed by atoms with E-state index in [0.717, 1.165) is 23.6 Å². The van der Waals surface area contributed by atoms with E-state index in [1.54, 1.807) is 17.5 Å². The van der Waals surface area contributed by atoms with Gasteiger partial charge in [-0.15, -0.1) is 11.3 Å². The van der Waals surface area contributed by atoms with Crippen molar-refractivity contribution in [3.8, 4) is 5.75 Å². The van der Waals surface area contributed by atoms with E-state index in [-0.39, 0.29) is 17.9 Å². The molecule has 0 spiro atoms. The van der Waals surface area contributed by atoms with E-state index in [4.69, 9.17) is 4.74 Å². The zero-order valence-corrected chi connectivity index (χ0v) is 18.2. The van der Waals surface area contributed by atoms with Crippen molar-refractivity contribution >= 4 is 23.2 Å². The van der Waals surface area contributed by atoms with Crippen molar-refractivity contribution in [3.63, 3.8) is 0 Å². The minimum absolute atomic E-state index is 0.0642. The Bertz CT molecular complexity index is 1030. The van der Waals surface area contributed by atoms with Gasteiger partial charge in [0.2, 0.25) is 0 Å². The number of hydrogen-bond donors (Lipinski definition) is 1. The summed E-state index contributed by atoms with van der Waals surface area (Å²) in [5.41, 5.74) is 2.29. The molecule has 0 aliphatic carbocycles. The van der Waals surface area contributed by atoms with Crippen LogP contribution in [0.4, 0.5) is 0 Å². The number of carbonyl (C=O) groups is 2. The summed E-state index contributed by atoms with van der Waals surface area (Å²) in [5.74, 6) is 0.655. The average Bonchev–Trinajstić information content (AvgIpc) is 3.28. The van der Waals surface area contributed by atoms with Crippen LogP contribution < -0.4 is 10.1 Å². The van der Waals surface area contributed by atoms with E-state index in [2.05, 4.69) is 10.3 Å². The Morgan fingerprint density at radius 2 is 1.81 bits per heavy atom. The molecule has 31 heavy (non-hydrogen) atoms. The number of benzene rings is 2. The molecule has 2 aromatic carbocycles. The number of piperidine rings is 1. The van der Waals surface area contributed by atoms with Gasteiger partial charge in [0, 0.05) is 30.1 Å². The Morgan fingerprint density at radius 1 is 1.10 bits per heavy atom. The lowest BCUT2D eigenvalue weighted by molar-refractivity contribution is 0.0693. The highest BCUT2D eigenvalue weighted by atomic mass is 32.1. The molecule has 1 saturated heterocycles. The molecule has 1 fully saturated rings. The summed E-state index contributed by atoms with van der Waals surface area (Å²) in [5, 5.41) is 5.63. The van der Waals surface area contributed by atoms with Crippen LogP contribution in [0, 0.1) is 6.92 Å². The maximum Gasteiger partial charge on any atom is 0.273 e. The van der Waals surface area contributed by atoms with Gasteiger partial charge in [-0.3, -0.25) is 9.59 Å². The Kier molecular flexibility index (Phi) is 6.62. The molecular formula is C24H25N3O3S. The molecule has 0 atom stereocenters. The molecule has 0 saturated carbocycles. The van der Waals surface area contributed by atoms with Gasteiger partial charge in [0.05, 0.1) is 0 Å². The summed E-state index contributed by atoms with van der Waals surface area (Å²) < 4.78 is 5.76. The zero-order chi connectivity index (χ0) is 21.6. The third-order valence-electron chi connectivity index (χ3n) is 5.31. The van der Waals surface area contributed by atoms with Gasteiger partial charge < -0.3 is 15.0 Å². The lowest BCUT2D eigenvalue weighted by Gasteiger charge is -2.32. The molecule has 7 heteroatoms. The molecule has 1 aromatic heterocycles. The highest BCUT2D eigenvalue weighted by Gasteiger charge is 2.26. The minimum Gasteiger partial charge on any atom is -0.486 e. The predicted molar refractivity (Wildman–Crippen MR) is 120 cm³/mol. The first-order chi connectivity index (χ1) is 15.1. The fourth-order valence-corrected chi connectivity index (χ4v) is 4.18. The number of nitrogens with one attached hydrogen (secondary N) is 1. The molecule has 1 aliphatic heterocycles. The maximum absolute atomic E-state index is 12.8. The number of likely N-dealkylation sites (tertiary alicyclic amines) is 1. The number of amides is 2. The van der Waals surface area contributed by atoms with Gasteiger partial charge in [-0.05, 0) is 44.0 Å². The topological polar surface area (TPSA) is 71.5 Å². The van der Waals surface area contributed by atoms with Crippen molar-refractivity contribution in [3.05, 3.63) is 81.8 Å². The Hall–Kier alpha value is -3.19. The van der Waals surface area contributed by atoms with Crippen LogP contribution in [-0.4, -0.2) is 40.8 Å². The van der Waals surface area contributed by atoms with Crippen LogP contribution in [0.1, 0.15) is 44.3 Å². The van der Waals surface area contributed by atoms with E-state index in [9.17, 15) is 9.59 Å². The lowest BCUT2D eigenvalue weighted by Crippen LogP contribution is -2.46. The second kappa shape index (κ2) is 9.75. The van der Waals surface area contributed by atoms with Gasteiger partial charge in [0.1, 0.15) is 23.1 Å². The van der Waals surface area contributed by atoms with Crippen LogP contribution in [0.5, 0.6) is 5.75 Å². The summed E-state index contributed by atoms with van der Waals surface area (Å²) in [6.07, 6.45) is 1.47. The molecule has 1 N–H and O–H groups in total. The first kappa shape index (κ1) is 21.1. The summed E-state index contributed by atoms with van der Waals surface area (Å²) in [6, 6.07) is 17.1. The molecule has 1 aliphatic rings. The van der Waals surface area contributed by atoms with Gasteiger partial charge in [-0.1, -0.05) is 35.9 Å². The predicted octanol–water partition coefficient (Wildman–Crippen LogP) is 4.07. The van der Waals surface area contributed by atoms with Crippen molar-refractivity contribution in [1.82, 2.24) is 15.2 Å². The second-order valence-electron chi connectivity index (χ2n) is 7.63. The molecule has 4 rings (SSSR count). The number of nitrogens with zero attached hydrogens (tertiary/aromatic N) is 2. The molecule has 2 heterocycles. The molecule has 0 unspecified atom stereocenters. The Labute approximate surface area is 185 Å². The molecular weight excluding hydrogens is 410 g/mol. The van der Waals surface area contributed by atoms with Crippen LogP contribution in [0.3, 0.4) is 0 Å². The number of hydrogen-bond acceptors (Lipinski definition) is 5. The van der Waals surface area contributed by atoms with E-state index in [1.807, 2.05) is 54.3 Å². The number of carbonyl (C=O) groups excluding carboxylic acids is 2. The van der Waals surface area contributed by atoms with E-state index in [0.29, 0.717) is 31.0 Å². The molecule has 3 aromatic rings. The molecule has 160 valence electrons. The number of ether oxygens (including phenoxy) is 1. The SMILES string of the molecule is Cc1ccc(OCc2nc(C(=O)N3CCC(NC(=O)c4ccccc4)CC3)cs2)cc1. The number of rotatable bonds is 6. The quantitative estimate of drug-likeness (QED) is 0.634. The zero-order valence-electron chi connectivity index (χ0n) is 17.4. The first-order valence-corrected chi connectivity index (χ1v) is 11.3. The fourth-order valence-electron chi connectivity index (χ4n) is 3.50. The van der Waals surface area contributed by atoms with Crippen LogP contribution in [0.2, 0.25) is 0 Å². The first-order valence-electron chi connectivity index (χ1n) is 10.4. The van der Waals surface area contributed by atoms with E-state index >= 15 is 0 Å². The Balaban J connectivity index is 1.26. The van der Waals surface area contributed by atoms with Crippen molar-refractivity contribution in [2.45, 2.75) is 32.4 Å². The van der Waals surface area contributed by atoms with Crippen LogP contribution in [-0.2, 0) is 6.61 Å². The fraction of sp³-hybridized carbons (Fsp3) is 0.292. The van der Waals surface area contributed by atoms with Crippen molar-refractivity contribution in [2.24, 2.45) is 0 Å². The van der Waals surface area contributed by atoms with Crippen LogP contribution in [0.15, 0.2) is 60.0 Å². The van der Waals surface area contributed by atoms with Gasteiger partial charge in [0.15, 0.2) is 0 Å². The van der Waals surface area contributed by atoms with Crippen molar-refractivity contribution in [1.29, 1.82) is 0 Å². The van der Waals surface area contributed by atoms with Crippen molar-refractivity contribution < 1.29 is 14.3 Å². The van der Waals surface area contributed by atoms with Crippen LogP contribution >= 0.6 is 11.3 Å². The number of thiazole rings is 1. The van der Waals surface area contributed by atoms with E-state index < -0.39 is 0 Å². The third-order valence-corrected chi connectivity index (χ3v) is 6.13. The molecule has 6 nitrogen and oxygen atoms in total. The van der Waals surface area contributed by atoms with Gasteiger partial charge in [-0.2, -0.15) is 0 Å². The van der Waals surface area contributed by atoms with Gasteiger partial charge >= 0.3 is 0 Å². The largest absolute Gasteiger partial charge is 0.486 e. The highest BCUT2D eigenvalue weighted by Crippen LogP contribution is 2.19. The smallest absolute Gasteiger partial charge is 0.273 e. The van der Waals surface area contributed by atoms with Gasteiger partial charge in [0.25, 0.3) is 11.8 Å². The summed E-state index contributed by atoms with van der Waals surface area (Å²) in [6.45, 7) is 3.58. The normalized spacial score (nSPS) is 14.3. The number of aryl methyl sites for hydroxylation is 1. The summed E-state index contributed by atoms with van der Waals surface area (Å²) in [7, 11) is 0. The lowest BCUT2D eigenvalue weighted by atomic mass is 10.0. The summed E-state index contributed by atoms with van der Waals surface area (Å²) >= 11 is 1.43. The monoisotopic (exact) mass is 435 g/mol. The molecule has 2 amide bonds. The van der Waals surface area contributed by atoms with E-state index in [1.165, 1.54) is 16.9 Å². The Morgan fingerprint density at radius 3 is 2.52 bits per heavy atom. The average molecular weight is 436 g/mol. The minimum atomic E-state index is -0.0666. The standard InChI is InChI=1S/C24H25N3O3S/c1-17-7-9-20(10-8-17)30-15-22-26-21(16-31-22)24(29)27-13-11-19(12-14-27)25-23(28)18-5-3-2-4-6-18/h2-10,16,19H,11-15H2,1H3,(H,25,28). The highest BCUT2D eigenvalue weighted by molar-refractivity contribution is 7.09. The van der Waals surface area contributed by atoms with Crippen molar-refractivity contribution in [2.75, 3.05) is 13.1 Å². The maximum atomic E-state index is 12.8. The third kappa shape index (κ3) is 5.49. The summed E-state index contributed by atoms with van der Waals surface area (Å²) in [4.78, 5) is 31.4. The second-order valence-corrected chi connectivity index (χ2v) is 8.58. The molecule has 0 radical (unpaired) electrons.